The Morgan fingerprint density at radius 1 is 1.25 bits per heavy atom. The van der Waals surface area contributed by atoms with Crippen molar-refractivity contribution in [3.8, 4) is 5.75 Å². The number of benzene rings is 1. The van der Waals surface area contributed by atoms with E-state index in [0.29, 0.717) is 11.3 Å². The summed E-state index contributed by atoms with van der Waals surface area (Å²) >= 11 is 5.11. The van der Waals surface area contributed by atoms with E-state index in [1.165, 1.54) is 31.2 Å². The number of nitrogens with zero attached hydrogens (tertiary/aromatic N) is 3. The Balaban J connectivity index is 1.90. The van der Waals surface area contributed by atoms with Gasteiger partial charge in [-0.2, -0.15) is 22.7 Å². The van der Waals surface area contributed by atoms with Crippen LogP contribution in [0.1, 0.15) is 27.4 Å². The largest absolute Gasteiger partial charge is 0.435 e. The molecule has 0 fully saturated rings. The second-order valence-corrected chi connectivity index (χ2v) is 6.36. The van der Waals surface area contributed by atoms with E-state index in [0.717, 1.165) is 10.6 Å². The lowest BCUT2D eigenvalue weighted by Gasteiger charge is -2.11. The van der Waals surface area contributed by atoms with Crippen LogP contribution in [0, 0.1) is 13.8 Å². The molecule has 2 heterocycles. The number of halogens is 5. The standard InChI is InChI=1S/C17H13ClF4N4O2/c1-8-5-10(28-16(19)20)3-4-11(8)24-15(27)12-7-14-23-9(2)6-13(17(18,21)22)26(14)25-12/h3-7,16H,1-2H3,(H,24,27). The Labute approximate surface area is 161 Å². The molecular formula is C17H13ClF4N4O2. The molecule has 3 rings (SSSR count). The maximum atomic E-state index is 13.6. The minimum atomic E-state index is -3.71. The number of fused-ring (bicyclic) bond motifs is 1. The highest BCUT2D eigenvalue weighted by molar-refractivity contribution is 6.21. The molecule has 28 heavy (non-hydrogen) atoms. The fourth-order valence-electron chi connectivity index (χ4n) is 2.55. The third-order valence-electron chi connectivity index (χ3n) is 3.75. The van der Waals surface area contributed by atoms with Crippen molar-refractivity contribution < 1.29 is 27.1 Å². The highest BCUT2D eigenvalue weighted by Crippen LogP contribution is 2.32. The van der Waals surface area contributed by atoms with Gasteiger partial charge in [0, 0.05) is 17.4 Å². The molecule has 0 aliphatic heterocycles. The van der Waals surface area contributed by atoms with Crippen molar-refractivity contribution in [3.63, 3.8) is 0 Å². The first-order valence-electron chi connectivity index (χ1n) is 7.86. The Morgan fingerprint density at radius 2 is 1.96 bits per heavy atom. The molecule has 0 atom stereocenters. The second kappa shape index (κ2) is 7.27. The lowest BCUT2D eigenvalue weighted by Crippen LogP contribution is -2.15. The topological polar surface area (TPSA) is 68.5 Å². The summed E-state index contributed by atoms with van der Waals surface area (Å²) < 4.78 is 56.8. The van der Waals surface area contributed by atoms with Crippen LogP contribution in [0.4, 0.5) is 23.2 Å². The summed E-state index contributed by atoms with van der Waals surface area (Å²) in [5, 5.41) is 2.69. The number of hydrogen-bond acceptors (Lipinski definition) is 4. The average Bonchev–Trinajstić information content (AvgIpc) is 2.98. The Hall–Kier alpha value is -2.88. The first kappa shape index (κ1) is 19.9. The van der Waals surface area contributed by atoms with Gasteiger partial charge in [-0.05, 0) is 55.3 Å². The van der Waals surface area contributed by atoms with Crippen LogP contribution in [0.5, 0.6) is 5.75 Å². The normalized spacial score (nSPS) is 11.9. The third kappa shape index (κ3) is 4.16. The van der Waals surface area contributed by atoms with Gasteiger partial charge in [-0.1, -0.05) is 0 Å². The lowest BCUT2D eigenvalue weighted by atomic mass is 10.2. The number of carbonyl (C=O) groups is 1. The number of alkyl halides is 5. The van der Waals surface area contributed by atoms with Gasteiger partial charge in [0.1, 0.15) is 11.4 Å². The molecular weight excluding hydrogens is 404 g/mol. The second-order valence-electron chi connectivity index (χ2n) is 5.89. The van der Waals surface area contributed by atoms with Crippen LogP contribution in [-0.2, 0) is 5.38 Å². The van der Waals surface area contributed by atoms with Crippen LogP contribution >= 0.6 is 11.6 Å². The van der Waals surface area contributed by atoms with Crippen molar-refractivity contribution >= 4 is 28.8 Å². The predicted molar refractivity (Wildman–Crippen MR) is 93.2 cm³/mol. The van der Waals surface area contributed by atoms with Gasteiger partial charge < -0.3 is 10.1 Å². The van der Waals surface area contributed by atoms with Crippen LogP contribution < -0.4 is 10.1 Å². The fraction of sp³-hybridized carbons (Fsp3) is 0.235. The maximum Gasteiger partial charge on any atom is 0.387 e. The minimum Gasteiger partial charge on any atom is -0.435 e. The molecule has 0 bridgehead atoms. The number of hydrogen-bond donors (Lipinski definition) is 1. The molecule has 1 amide bonds. The van der Waals surface area contributed by atoms with Crippen LogP contribution in [0.15, 0.2) is 30.3 Å². The summed E-state index contributed by atoms with van der Waals surface area (Å²) in [6.07, 6.45) is 0. The van der Waals surface area contributed by atoms with Crippen molar-refractivity contribution in [2.45, 2.75) is 25.8 Å². The van der Waals surface area contributed by atoms with Gasteiger partial charge in [-0.15, -0.1) is 0 Å². The third-order valence-corrected chi connectivity index (χ3v) is 3.94. The number of ether oxygens (including phenoxy) is 1. The van der Waals surface area contributed by atoms with Gasteiger partial charge in [0.05, 0.1) is 0 Å². The smallest absolute Gasteiger partial charge is 0.387 e. The molecule has 0 unspecified atom stereocenters. The molecule has 2 aromatic heterocycles. The summed E-state index contributed by atoms with van der Waals surface area (Å²) in [7, 11) is 0. The number of aromatic nitrogens is 3. The quantitative estimate of drug-likeness (QED) is 0.491. The van der Waals surface area contributed by atoms with Crippen molar-refractivity contribution in [1.82, 2.24) is 14.6 Å². The minimum absolute atomic E-state index is 0.0258. The molecule has 11 heteroatoms. The van der Waals surface area contributed by atoms with Crippen molar-refractivity contribution in [2.75, 3.05) is 5.32 Å². The zero-order valence-corrected chi connectivity index (χ0v) is 15.3. The molecule has 0 aliphatic rings. The highest BCUT2D eigenvalue weighted by Gasteiger charge is 2.32. The zero-order chi connectivity index (χ0) is 20.6. The van der Waals surface area contributed by atoms with E-state index in [1.54, 1.807) is 6.92 Å². The highest BCUT2D eigenvalue weighted by atomic mass is 35.5. The Bertz CT molecular complexity index is 1050. The van der Waals surface area contributed by atoms with Crippen molar-refractivity contribution in [3.05, 3.63) is 53.0 Å². The van der Waals surface area contributed by atoms with Crippen LogP contribution in [-0.4, -0.2) is 27.1 Å². The maximum absolute atomic E-state index is 13.6. The first-order chi connectivity index (χ1) is 13.0. The van der Waals surface area contributed by atoms with Gasteiger partial charge in [0.15, 0.2) is 11.3 Å². The molecule has 0 radical (unpaired) electrons. The summed E-state index contributed by atoms with van der Waals surface area (Å²) in [5.41, 5.74) is 0.277. The summed E-state index contributed by atoms with van der Waals surface area (Å²) in [4.78, 5) is 16.5. The van der Waals surface area contributed by atoms with Crippen LogP contribution in [0.25, 0.3) is 5.65 Å². The Kier molecular flexibility index (Phi) is 5.16. The molecule has 0 spiro atoms. The Morgan fingerprint density at radius 3 is 2.57 bits per heavy atom. The summed E-state index contributed by atoms with van der Waals surface area (Å²) in [6, 6.07) is 6.26. The van der Waals surface area contributed by atoms with E-state index in [4.69, 9.17) is 11.6 Å². The van der Waals surface area contributed by atoms with E-state index in [1.807, 2.05) is 0 Å². The number of nitrogens with one attached hydrogen (secondary N) is 1. The van der Waals surface area contributed by atoms with Crippen LogP contribution in [0.3, 0.4) is 0 Å². The van der Waals surface area contributed by atoms with E-state index in [-0.39, 0.29) is 22.8 Å². The molecule has 6 nitrogen and oxygen atoms in total. The molecule has 1 N–H and O–H groups in total. The van der Waals surface area contributed by atoms with Crippen molar-refractivity contribution in [2.24, 2.45) is 0 Å². The molecule has 148 valence electrons. The summed E-state index contributed by atoms with van der Waals surface area (Å²) in [5.74, 6) is -0.760. The molecule has 3 aromatic rings. The van der Waals surface area contributed by atoms with Gasteiger partial charge in [-0.25, -0.2) is 9.50 Å². The lowest BCUT2D eigenvalue weighted by molar-refractivity contribution is -0.0498. The predicted octanol–water partition coefficient (Wildman–Crippen LogP) is 4.49. The molecule has 0 saturated heterocycles. The number of carbonyl (C=O) groups excluding carboxylic acids is 1. The van der Waals surface area contributed by atoms with Crippen molar-refractivity contribution in [1.29, 1.82) is 0 Å². The summed E-state index contributed by atoms with van der Waals surface area (Å²) in [6.45, 7) is 0.114. The van der Waals surface area contributed by atoms with E-state index >= 15 is 0 Å². The number of amides is 1. The molecule has 1 aromatic carbocycles. The van der Waals surface area contributed by atoms with Crippen LogP contribution in [0.2, 0.25) is 0 Å². The van der Waals surface area contributed by atoms with E-state index in [9.17, 15) is 22.4 Å². The van der Waals surface area contributed by atoms with E-state index < -0.39 is 23.6 Å². The first-order valence-corrected chi connectivity index (χ1v) is 8.24. The number of anilines is 1. The SMILES string of the molecule is Cc1cc(C(F)(F)Cl)n2nc(C(=O)Nc3ccc(OC(F)F)cc3C)cc2n1. The zero-order valence-electron chi connectivity index (χ0n) is 14.5. The van der Waals surface area contributed by atoms with Gasteiger partial charge >= 0.3 is 12.0 Å². The van der Waals surface area contributed by atoms with Gasteiger partial charge in [0.25, 0.3) is 5.91 Å². The van der Waals surface area contributed by atoms with E-state index in [2.05, 4.69) is 20.1 Å². The van der Waals surface area contributed by atoms with Gasteiger partial charge in [-0.3, -0.25) is 4.79 Å². The molecule has 0 aliphatic carbocycles. The van der Waals surface area contributed by atoms with Gasteiger partial charge in [0.2, 0.25) is 0 Å². The monoisotopic (exact) mass is 416 g/mol. The number of rotatable bonds is 5. The number of aryl methyl sites for hydroxylation is 2. The molecule has 0 saturated carbocycles. The average molecular weight is 417 g/mol. The fourth-order valence-corrected chi connectivity index (χ4v) is 2.69.